The molecular formula is C34H38BN3O6. The summed E-state index contributed by atoms with van der Waals surface area (Å²) in [6.07, 6.45) is 1.39. The van der Waals surface area contributed by atoms with Crippen LogP contribution in [0, 0.1) is 0 Å². The molecular weight excluding hydrogens is 557 g/mol. The number of benzene rings is 4. The highest BCUT2D eigenvalue weighted by molar-refractivity contribution is 6.58. The number of nitrogens with one attached hydrogen (secondary N) is 2. The van der Waals surface area contributed by atoms with E-state index in [1.54, 1.807) is 24.3 Å². The minimum Gasteiger partial charge on any atom is -0.493 e. The fourth-order valence-electron chi connectivity index (χ4n) is 6.72. The number of hydrogen-bond donors (Lipinski definition) is 5. The lowest BCUT2D eigenvalue weighted by molar-refractivity contribution is -0.138. The maximum absolute atomic E-state index is 12.5. The molecule has 0 saturated carbocycles. The van der Waals surface area contributed by atoms with Crippen molar-refractivity contribution in [2.45, 2.75) is 49.7 Å². The van der Waals surface area contributed by atoms with E-state index in [4.69, 9.17) is 9.47 Å². The number of hydrazine groups is 1. The van der Waals surface area contributed by atoms with Gasteiger partial charge in [0, 0.05) is 36.0 Å². The van der Waals surface area contributed by atoms with E-state index in [0.717, 1.165) is 39.8 Å². The molecule has 4 aromatic rings. The van der Waals surface area contributed by atoms with Crippen LogP contribution in [-0.2, 0) is 4.79 Å². The van der Waals surface area contributed by atoms with Crippen molar-refractivity contribution in [1.82, 2.24) is 10.4 Å². The molecule has 0 spiro atoms. The Morgan fingerprint density at radius 1 is 0.932 bits per heavy atom. The number of carboxylic acids is 1. The van der Waals surface area contributed by atoms with Crippen LogP contribution in [0.3, 0.4) is 0 Å². The van der Waals surface area contributed by atoms with E-state index in [9.17, 15) is 19.9 Å². The van der Waals surface area contributed by atoms with Gasteiger partial charge in [-0.2, -0.15) is 0 Å². The normalized spacial score (nSPS) is 22.9. The van der Waals surface area contributed by atoms with E-state index in [-0.39, 0.29) is 23.9 Å². The molecule has 6 rings (SSSR count). The first kappa shape index (κ1) is 30.0. The Kier molecular flexibility index (Phi) is 8.77. The number of likely N-dealkylation sites (N-methyl/N-ethyl adjacent to an activating group) is 1. The Labute approximate surface area is 257 Å². The summed E-state index contributed by atoms with van der Waals surface area (Å²) in [6.45, 7) is 3.03. The zero-order valence-electron chi connectivity index (χ0n) is 24.9. The van der Waals surface area contributed by atoms with Crippen LogP contribution in [0.5, 0.6) is 11.5 Å². The molecule has 0 bridgehead atoms. The smallest absolute Gasteiger partial charge is 0.488 e. The molecule has 10 heteroatoms. The molecule has 228 valence electrons. The predicted molar refractivity (Wildman–Crippen MR) is 172 cm³/mol. The van der Waals surface area contributed by atoms with Crippen molar-refractivity contribution >= 4 is 35.0 Å². The fourth-order valence-corrected chi connectivity index (χ4v) is 6.72. The predicted octanol–water partition coefficient (Wildman–Crippen LogP) is 3.71. The fraction of sp³-hybridized carbons (Fsp3) is 0.324. The van der Waals surface area contributed by atoms with Crippen LogP contribution in [-0.4, -0.2) is 71.6 Å². The molecule has 0 radical (unpaired) electrons. The molecule has 9 nitrogen and oxygen atoms in total. The van der Waals surface area contributed by atoms with E-state index in [2.05, 4.69) is 46.9 Å². The van der Waals surface area contributed by atoms with Gasteiger partial charge in [-0.3, -0.25) is 0 Å². The Morgan fingerprint density at radius 2 is 1.66 bits per heavy atom. The van der Waals surface area contributed by atoms with Gasteiger partial charge in [-0.15, -0.1) is 0 Å². The van der Waals surface area contributed by atoms with Crippen molar-refractivity contribution in [3.63, 3.8) is 0 Å². The van der Waals surface area contributed by atoms with E-state index in [1.165, 1.54) is 0 Å². The van der Waals surface area contributed by atoms with Crippen LogP contribution < -0.4 is 25.7 Å². The van der Waals surface area contributed by atoms with Crippen molar-refractivity contribution in [2.24, 2.45) is 0 Å². The Bertz CT molecular complexity index is 1610. The number of nitrogens with zero attached hydrogens (tertiary/aromatic N) is 1. The summed E-state index contributed by atoms with van der Waals surface area (Å²) in [4.78, 5) is 12.5. The van der Waals surface area contributed by atoms with Crippen LogP contribution >= 0.6 is 0 Å². The zero-order valence-corrected chi connectivity index (χ0v) is 24.9. The molecule has 5 atom stereocenters. The summed E-state index contributed by atoms with van der Waals surface area (Å²) in [7, 11) is 0.479. The number of anilines is 1. The van der Waals surface area contributed by atoms with Crippen LogP contribution in [0.1, 0.15) is 42.7 Å². The number of carbonyl (C=O) groups is 1. The summed E-state index contributed by atoms with van der Waals surface area (Å²) in [6, 6.07) is 26.4. The molecule has 44 heavy (non-hydrogen) atoms. The van der Waals surface area contributed by atoms with Crippen molar-refractivity contribution < 1.29 is 29.4 Å². The molecule has 0 amide bonds. The molecule has 4 aromatic carbocycles. The second-order valence-electron chi connectivity index (χ2n) is 11.7. The monoisotopic (exact) mass is 595 g/mol. The minimum absolute atomic E-state index is 0.0314. The first-order valence-electron chi connectivity index (χ1n) is 15.1. The quantitative estimate of drug-likeness (QED) is 0.130. The number of carboxylic acid groups (broad SMARTS) is 1. The third-order valence-electron chi connectivity index (χ3n) is 9.06. The van der Waals surface area contributed by atoms with Gasteiger partial charge in [0.15, 0.2) is 0 Å². The van der Waals surface area contributed by atoms with Gasteiger partial charge in [-0.1, -0.05) is 66.7 Å². The second kappa shape index (κ2) is 12.9. The Hall–Kier alpha value is -4.09. The Balaban J connectivity index is 1.18. The molecule has 1 saturated heterocycles. The number of rotatable bonds is 11. The zero-order chi connectivity index (χ0) is 30.8. The molecule has 1 fully saturated rings. The van der Waals surface area contributed by atoms with Crippen molar-refractivity contribution in [1.29, 1.82) is 0 Å². The van der Waals surface area contributed by atoms with Crippen LogP contribution in [0.2, 0.25) is 0 Å². The van der Waals surface area contributed by atoms with Crippen LogP contribution in [0.4, 0.5) is 5.69 Å². The molecule has 5 unspecified atom stereocenters. The van der Waals surface area contributed by atoms with Gasteiger partial charge in [0.2, 0.25) is 0 Å². The highest BCUT2D eigenvalue weighted by Crippen LogP contribution is 2.46. The standard InChI is InChI=1S/C34H38BN3O6/c1-21-31(29(37-38(21)2)20-44-24-17-15-23(16-18-24)35(41)42)28-12-6-11-26-27(33(34(39)40)36-32(26)28)13-7-19-43-30-14-5-9-22-8-3-4-10-25(22)30/h3-6,8-12,14-18,21,27,29,31,33,36-37,41-42H,7,13,19-20H2,1-2H3,(H,39,40). The van der Waals surface area contributed by atoms with Crippen LogP contribution in [0.15, 0.2) is 84.9 Å². The van der Waals surface area contributed by atoms with E-state index in [1.807, 2.05) is 43.4 Å². The first-order chi connectivity index (χ1) is 21.3. The molecule has 0 aliphatic carbocycles. The molecule has 2 heterocycles. The average molecular weight is 596 g/mol. The van der Waals surface area contributed by atoms with Gasteiger partial charge in [0.25, 0.3) is 0 Å². The SMILES string of the molecule is CC1C(c2cccc3c2NC(C(=O)O)C3CCCOc2cccc3ccccc23)C(COc2ccc(B(O)O)cc2)NN1C. The van der Waals surface area contributed by atoms with Crippen molar-refractivity contribution in [3.8, 4) is 11.5 Å². The molecule has 2 aliphatic rings. The summed E-state index contributed by atoms with van der Waals surface area (Å²) in [5.74, 6) is 0.454. The van der Waals surface area contributed by atoms with Gasteiger partial charge in [0.1, 0.15) is 24.1 Å². The number of para-hydroxylation sites is 1. The Morgan fingerprint density at radius 3 is 2.43 bits per heavy atom. The second-order valence-corrected chi connectivity index (χ2v) is 11.7. The highest BCUT2D eigenvalue weighted by Gasteiger charge is 2.44. The lowest BCUT2D eigenvalue weighted by atomic mass is 9.80. The van der Waals surface area contributed by atoms with E-state index in [0.29, 0.717) is 30.8 Å². The van der Waals surface area contributed by atoms with Gasteiger partial charge < -0.3 is 29.9 Å². The van der Waals surface area contributed by atoms with Gasteiger partial charge >= 0.3 is 13.1 Å². The van der Waals surface area contributed by atoms with Gasteiger partial charge in [-0.25, -0.2) is 15.2 Å². The van der Waals surface area contributed by atoms with Gasteiger partial charge in [-0.05, 0) is 59.9 Å². The lowest BCUT2D eigenvalue weighted by Gasteiger charge is -2.25. The number of hydrogen-bond acceptors (Lipinski definition) is 8. The third-order valence-corrected chi connectivity index (χ3v) is 9.06. The van der Waals surface area contributed by atoms with E-state index < -0.39 is 19.1 Å². The third kappa shape index (κ3) is 5.98. The summed E-state index contributed by atoms with van der Waals surface area (Å²) in [5.41, 5.74) is 6.93. The van der Waals surface area contributed by atoms with Crippen molar-refractivity contribution in [3.05, 3.63) is 96.1 Å². The van der Waals surface area contributed by atoms with Gasteiger partial charge in [0.05, 0.1) is 12.6 Å². The largest absolute Gasteiger partial charge is 0.493 e. The molecule has 2 aliphatic heterocycles. The molecule has 0 aromatic heterocycles. The topological polar surface area (TPSA) is 124 Å². The van der Waals surface area contributed by atoms with Crippen molar-refractivity contribution in [2.75, 3.05) is 25.6 Å². The first-order valence-corrected chi connectivity index (χ1v) is 15.1. The minimum atomic E-state index is -1.53. The molecule has 5 N–H and O–H groups in total. The van der Waals surface area contributed by atoms with E-state index >= 15 is 0 Å². The lowest BCUT2D eigenvalue weighted by Crippen LogP contribution is -2.37. The number of ether oxygens (including phenoxy) is 2. The maximum Gasteiger partial charge on any atom is 0.488 e. The average Bonchev–Trinajstić information content (AvgIpc) is 3.55. The summed E-state index contributed by atoms with van der Waals surface area (Å²) >= 11 is 0. The summed E-state index contributed by atoms with van der Waals surface area (Å²) in [5, 5.41) is 36.6. The number of aliphatic carboxylic acids is 1. The number of fused-ring (bicyclic) bond motifs is 2. The summed E-state index contributed by atoms with van der Waals surface area (Å²) < 4.78 is 12.3. The highest BCUT2D eigenvalue weighted by atomic mass is 16.5. The maximum atomic E-state index is 12.5. The van der Waals surface area contributed by atoms with Crippen LogP contribution in [0.25, 0.3) is 10.8 Å².